The lowest BCUT2D eigenvalue weighted by molar-refractivity contribution is 0.0754. The number of hydrogen-bond acceptors (Lipinski definition) is 8. The van der Waals surface area contributed by atoms with Crippen LogP contribution in [0.4, 0.5) is 11.8 Å². The van der Waals surface area contributed by atoms with E-state index >= 15 is 0 Å². The third kappa shape index (κ3) is 5.55. The molecule has 178 valence electrons. The Kier molecular flexibility index (Phi) is 7.76. The second-order valence-corrected chi connectivity index (χ2v) is 8.91. The van der Waals surface area contributed by atoms with Gasteiger partial charge in [-0.25, -0.2) is 4.98 Å². The van der Waals surface area contributed by atoms with E-state index in [4.69, 9.17) is 4.74 Å². The van der Waals surface area contributed by atoms with Crippen molar-refractivity contribution in [1.82, 2.24) is 20.2 Å². The number of carbonyl (C=O) groups excluding carboxylic acids is 1. The molecular formula is C25H30N6O2S. The van der Waals surface area contributed by atoms with Crippen LogP contribution in [0.25, 0.3) is 5.76 Å². The smallest absolute Gasteiger partial charge is 0.259 e. The Morgan fingerprint density at radius 3 is 2.76 bits per heavy atom. The van der Waals surface area contributed by atoms with Crippen LogP contribution in [0.3, 0.4) is 0 Å². The number of fused-ring (bicyclic) bond motifs is 1. The summed E-state index contributed by atoms with van der Waals surface area (Å²) in [5.74, 6) is 2.73. The molecule has 0 bridgehead atoms. The first-order chi connectivity index (χ1) is 16.6. The van der Waals surface area contributed by atoms with Gasteiger partial charge in [0.15, 0.2) is 0 Å². The predicted molar refractivity (Wildman–Crippen MR) is 137 cm³/mol. The van der Waals surface area contributed by atoms with E-state index in [0.717, 1.165) is 35.0 Å². The molecule has 1 aromatic carbocycles. The maximum absolute atomic E-state index is 13.3. The molecule has 8 nitrogen and oxygen atoms in total. The first kappa shape index (κ1) is 23.7. The van der Waals surface area contributed by atoms with Crippen LogP contribution in [0, 0.1) is 0 Å². The molecule has 0 aliphatic carbocycles. The normalized spacial score (nSPS) is 14.1. The van der Waals surface area contributed by atoms with Gasteiger partial charge in [0, 0.05) is 46.0 Å². The van der Waals surface area contributed by atoms with E-state index in [2.05, 4.69) is 20.6 Å². The minimum Gasteiger partial charge on any atom is -0.456 e. The van der Waals surface area contributed by atoms with Gasteiger partial charge in [-0.15, -0.1) is 11.3 Å². The van der Waals surface area contributed by atoms with Crippen LogP contribution in [0.15, 0.2) is 54.1 Å². The Morgan fingerprint density at radius 1 is 1.24 bits per heavy atom. The molecule has 3 heterocycles. The van der Waals surface area contributed by atoms with Gasteiger partial charge in [-0.2, -0.15) is 4.98 Å². The van der Waals surface area contributed by atoms with Crippen molar-refractivity contribution >= 4 is 34.8 Å². The van der Waals surface area contributed by atoms with Crippen LogP contribution in [0.1, 0.15) is 27.7 Å². The van der Waals surface area contributed by atoms with Gasteiger partial charge in [-0.1, -0.05) is 18.2 Å². The number of hydrogen-bond donors (Lipinski definition) is 2. The van der Waals surface area contributed by atoms with Gasteiger partial charge in [-0.05, 0) is 49.2 Å². The molecule has 0 atom stereocenters. The van der Waals surface area contributed by atoms with Gasteiger partial charge in [0.1, 0.15) is 22.9 Å². The molecule has 9 heteroatoms. The number of anilines is 2. The number of ether oxygens (including phenoxy) is 1. The van der Waals surface area contributed by atoms with Crippen molar-refractivity contribution in [2.45, 2.75) is 13.5 Å². The lowest BCUT2D eigenvalue weighted by Gasteiger charge is -2.21. The first-order valence-corrected chi connectivity index (χ1v) is 12.2. The molecule has 2 aromatic heterocycles. The minimum atomic E-state index is -0.0577. The predicted octanol–water partition coefficient (Wildman–Crippen LogP) is 3.70. The van der Waals surface area contributed by atoms with Crippen molar-refractivity contribution in [3.8, 4) is 5.75 Å². The Bertz CT molecular complexity index is 1130. The lowest BCUT2D eigenvalue weighted by atomic mass is 10.2. The van der Waals surface area contributed by atoms with Crippen LogP contribution >= 0.6 is 11.3 Å². The number of aromatic nitrogens is 2. The molecule has 0 unspecified atom stereocenters. The fourth-order valence-corrected chi connectivity index (χ4v) is 4.38. The molecular weight excluding hydrogens is 448 g/mol. The number of amides is 1. The summed E-state index contributed by atoms with van der Waals surface area (Å²) in [5.41, 5.74) is 1.56. The summed E-state index contributed by atoms with van der Waals surface area (Å²) < 4.78 is 6.16. The molecule has 0 radical (unpaired) electrons. The summed E-state index contributed by atoms with van der Waals surface area (Å²) in [6, 6.07) is 12.0. The van der Waals surface area contributed by atoms with Crippen LogP contribution in [0.5, 0.6) is 5.75 Å². The summed E-state index contributed by atoms with van der Waals surface area (Å²) in [6.07, 6.45) is 3.66. The summed E-state index contributed by atoms with van der Waals surface area (Å²) >= 11 is 1.64. The number of nitrogens with one attached hydrogen (secondary N) is 2. The minimum absolute atomic E-state index is 0.0577. The SMILES string of the molecule is CCNc1ncc2c(n1)N(C)CCN(Cc1ccc(O/C(=C/CNC)c3cccs3)cc1)C2=O. The monoisotopic (exact) mass is 478 g/mol. The number of likely N-dealkylation sites (N-methyl/N-ethyl adjacent to an activating group) is 2. The highest BCUT2D eigenvalue weighted by Gasteiger charge is 2.27. The highest BCUT2D eigenvalue weighted by molar-refractivity contribution is 7.11. The number of rotatable bonds is 9. The van der Waals surface area contributed by atoms with Crippen LogP contribution in [-0.2, 0) is 6.54 Å². The third-order valence-electron chi connectivity index (χ3n) is 5.47. The second-order valence-electron chi connectivity index (χ2n) is 7.96. The average molecular weight is 479 g/mol. The maximum atomic E-state index is 13.3. The van der Waals surface area contributed by atoms with Crippen molar-refractivity contribution in [2.75, 3.05) is 50.5 Å². The molecule has 1 amide bonds. The maximum Gasteiger partial charge on any atom is 0.259 e. The number of nitrogens with zero attached hydrogens (tertiary/aromatic N) is 4. The molecule has 34 heavy (non-hydrogen) atoms. The van der Waals surface area contributed by atoms with Gasteiger partial charge in [0.2, 0.25) is 5.95 Å². The van der Waals surface area contributed by atoms with Gasteiger partial charge >= 0.3 is 0 Å². The van der Waals surface area contributed by atoms with Gasteiger partial charge in [0.25, 0.3) is 5.91 Å². The number of thiophene rings is 1. The third-order valence-corrected chi connectivity index (χ3v) is 6.35. The first-order valence-electron chi connectivity index (χ1n) is 11.4. The Hall–Kier alpha value is -3.43. The van der Waals surface area contributed by atoms with E-state index < -0.39 is 0 Å². The highest BCUT2D eigenvalue weighted by atomic mass is 32.1. The van der Waals surface area contributed by atoms with Crippen molar-refractivity contribution in [3.63, 3.8) is 0 Å². The zero-order valence-corrected chi connectivity index (χ0v) is 20.6. The summed E-state index contributed by atoms with van der Waals surface area (Å²) in [4.78, 5) is 27.1. The molecule has 4 rings (SSSR count). The van der Waals surface area contributed by atoms with Crippen molar-refractivity contribution in [3.05, 3.63) is 70.1 Å². The Balaban J connectivity index is 1.47. The Morgan fingerprint density at radius 2 is 2.06 bits per heavy atom. The molecule has 0 saturated carbocycles. The molecule has 1 aliphatic heterocycles. The Labute approximate surface area is 204 Å². The van der Waals surface area contributed by atoms with E-state index in [1.54, 1.807) is 17.5 Å². The summed E-state index contributed by atoms with van der Waals surface area (Å²) in [5, 5.41) is 8.27. The van der Waals surface area contributed by atoms with Crippen LogP contribution in [0.2, 0.25) is 0 Å². The highest BCUT2D eigenvalue weighted by Crippen LogP contribution is 2.26. The average Bonchev–Trinajstić information content (AvgIpc) is 3.36. The van der Waals surface area contributed by atoms with Crippen molar-refractivity contribution in [2.24, 2.45) is 0 Å². The summed E-state index contributed by atoms with van der Waals surface area (Å²) in [7, 11) is 3.86. The topological polar surface area (TPSA) is 82.6 Å². The summed E-state index contributed by atoms with van der Waals surface area (Å²) in [6.45, 7) is 5.25. The van der Waals surface area contributed by atoms with E-state index in [-0.39, 0.29) is 5.91 Å². The van der Waals surface area contributed by atoms with E-state index in [9.17, 15) is 4.79 Å². The number of carbonyl (C=O) groups is 1. The second kappa shape index (κ2) is 11.1. The van der Waals surface area contributed by atoms with Gasteiger partial charge < -0.3 is 25.2 Å². The molecule has 0 fully saturated rings. The molecule has 0 saturated heterocycles. The fourth-order valence-electron chi connectivity index (χ4n) is 3.67. The number of benzene rings is 1. The molecule has 0 spiro atoms. The van der Waals surface area contributed by atoms with Crippen LogP contribution < -0.4 is 20.3 Å². The largest absolute Gasteiger partial charge is 0.456 e. The van der Waals surface area contributed by atoms with E-state index in [1.807, 2.05) is 78.7 Å². The fraction of sp³-hybridized carbons (Fsp3) is 0.320. The van der Waals surface area contributed by atoms with E-state index in [1.165, 1.54) is 0 Å². The quantitative estimate of drug-likeness (QED) is 0.454. The van der Waals surface area contributed by atoms with Crippen molar-refractivity contribution < 1.29 is 9.53 Å². The van der Waals surface area contributed by atoms with Gasteiger partial charge in [-0.3, -0.25) is 4.79 Å². The zero-order valence-electron chi connectivity index (χ0n) is 19.7. The van der Waals surface area contributed by atoms with E-state index in [0.29, 0.717) is 37.0 Å². The lowest BCUT2D eigenvalue weighted by Crippen LogP contribution is -2.33. The zero-order chi connectivity index (χ0) is 23.9. The van der Waals surface area contributed by atoms with Gasteiger partial charge in [0.05, 0.1) is 4.88 Å². The standard InChI is InChI=1S/C25H30N6O2S/c1-4-27-25-28-16-20-23(29-25)30(3)13-14-31(24(20)32)17-18-7-9-19(10-8-18)33-21(11-12-26-2)22-6-5-15-34-22/h5-11,15-16,26H,4,12-14,17H2,1-3H3,(H,27,28,29)/b21-11+. The van der Waals surface area contributed by atoms with Crippen LogP contribution in [-0.4, -0.2) is 61.0 Å². The van der Waals surface area contributed by atoms with Crippen molar-refractivity contribution in [1.29, 1.82) is 0 Å². The molecule has 1 aliphatic rings. The molecule has 2 N–H and O–H groups in total. The molecule has 3 aromatic rings.